The van der Waals surface area contributed by atoms with E-state index in [0.29, 0.717) is 18.1 Å². The molecule has 1 atom stereocenters. The third-order valence-electron chi connectivity index (χ3n) is 7.63. The Hall–Kier alpha value is -0.646. The number of benzene rings is 1. The number of rotatable bonds is 9. The molecule has 0 aliphatic heterocycles. The van der Waals surface area contributed by atoms with E-state index in [1.165, 1.54) is 56.1 Å². The van der Waals surface area contributed by atoms with Crippen LogP contribution in [0, 0.1) is 11.8 Å². The second-order valence-electron chi connectivity index (χ2n) is 9.71. The first kappa shape index (κ1) is 23.0. The predicted octanol–water partition coefficient (Wildman–Crippen LogP) is 6.28. The van der Waals surface area contributed by atoms with Gasteiger partial charge in [0.15, 0.2) is 0 Å². The summed E-state index contributed by atoms with van der Waals surface area (Å²) in [5.41, 5.74) is 4.24. The van der Waals surface area contributed by atoms with Crippen LogP contribution in [0.3, 0.4) is 0 Å². The average Bonchev–Trinajstić information content (AvgIpc) is 2.78. The van der Waals surface area contributed by atoms with Gasteiger partial charge >= 0.3 is 0 Å². The highest BCUT2D eigenvalue weighted by Crippen LogP contribution is 2.40. The highest BCUT2D eigenvalue weighted by atomic mass is 29.1. The maximum absolute atomic E-state index is 5.85. The molecule has 0 saturated heterocycles. The maximum atomic E-state index is 5.85. The Labute approximate surface area is 184 Å². The molecule has 0 heterocycles. The molecule has 2 aliphatic rings. The Kier molecular flexibility index (Phi) is 9.74. The minimum Gasteiger partial charge on any atom is -0.377 e. The van der Waals surface area contributed by atoms with Gasteiger partial charge in [0.1, 0.15) is 0 Å². The number of methoxy groups -OCH3 is 1. The molecule has 2 aliphatic carbocycles. The molecule has 1 unspecified atom stereocenters. The van der Waals surface area contributed by atoms with Crippen molar-refractivity contribution < 1.29 is 4.74 Å². The van der Waals surface area contributed by atoms with E-state index in [0.717, 1.165) is 24.2 Å². The average molecular weight is 429 g/mol. The molecule has 1 aromatic rings. The molecule has 0 aromatic heterocycles. The minimum absolute atomic E-state index is 0.266. The van der Waals surface area contributed by atoms with Crippen LogP contribution in [0.4, 0.5) is 0 Å². The quantitative estimate of drug-likeness (QED) is 0.332. The van der Waals surface area contributed by atoms with Gasteiger partial charge in [-0.05, 0) is 73.8 Å². The van der Waals surface area contributed by atoms with Crippen LogP contribution in [0.15, 0.2) is 36.4 Å². The zero-order valence-corrected chi connectivity index (χ0v) is 22.1. The van der Waals surface area contributed by atoms with Crippen molar-refractivity contribution in [3.05, 3.63) is 47.5 Å². The van der Waals surface area contributed by atoms with E-state index < -0.39 is 0 Å². The number of hydrogen-bond donors (Lipinski definition) is 0. The normalized spacial score (nSPS) is 30.0. The summed E-state index contributed by atoms with van der Waals surface area (Å²) in [5, 5.41) is 0. The van der Waals surface area contributed by atoms with Crippen LogP contribution in [0.1, 0.15) is 94.3 Å². The standard InChI is InChI=1S/C26H44OSi2/c1-4-7-26(27-2)25-9-6-5-8-24(25)22-16-12-20(13-17-22)10-11-21-14-18-23(19-15-21)29-28-3/h5-6,8-11,20-23,26H,4,7,12-19,28-29H2,1-3H3/b11-10+. The summed E-state index contributed by atoms with van der Waals surface area (Å²) in [7, 11) is 2.65. The lowest BCUT2D eigenvalue weighted by atomic mass is 9.76. The third-order valence-corrected chi connectivity index (χ3v) is 14.0. The first-order valence-corrected chi connectivity index (χ1v) is 18.8. The van der Waals surface area contributed by atoms with Crippen molar-refractivity contribution in [1.82, 2.24) is 0 Å². The van der Waals surface area contributed by atoms with Gasteiger partial charge < -0.3 is 4.74 Å². The van der Waals surface area contributed by atoms with Crippen LogP contribution in [0.5, 0.6) is 0 Å². The van der Waals surface area contributed by atoms with Gasteiger partial charge in [-0.25, -0.2) is 0 Å². The third kappa shape index (κ3) is 6.67. The van der Waals surface area contributed by atoms with Gasteiger partial charge in [-0.2, -0.15) is 0 Å². The van der Waals surface area contributed by atoms with Crippen LogP contribution in [-0.2, 0) is 4.74 Å². The van der Waals surface area contributed by atoms with E-state index in [9.17, 15) is 0 Å². The van der Waals surface area contributed by atoms with Crippen LogP contribution < -0.4 is 0 Å². The van der Waals surface area contributed by atoms with E-state index in [4.69, 9.17) is 4.74 Å². The summed E-state index contributed by atoms with van der Waals surface area (Å²) in [4.78, 5) is 0. The Morgan fingerprint density at radius 1 is 0.966 bits per heavy atom. The number of ether oxygens (including phenoxy) is 1. The molecule has 2 saturated carbocycles. The van der Waals surface area contributed by atoms with Crippen LogP contribution in [-0.4, -0.2) is 25.2 Å². The Bertz CT molecular complexity index is 613. The SMILES string of the molecule is CCCC(OC)c1ccccc1C1CCC(/C=C/C2CCC([SiH2][SiH2]C)CC2)CC1. The van der Waals surface area contributed by atoms with Gasteiger partial charge in [0, 0.05) is 25.2 Å². The second kappa shape index (κ2) is 12.3. The molecule has 3 heteroatoms. The van der Waals surface area contributed by atoms with Gasteiger partial charge in [0.2, 0.25) is 0 Å². The number of allylic oxidation sites excluding steroid dienone is 2. The van der Waals surface area contributed by atoms with E-state index >= 15 is 0 Å². The molecule has 0 amide bonds. The van der Waals surface area contributed by atoms with Crippen LogP contribution >= 0.6 is 0 Å². The zero-order chi connectivity index (χ0) is 20.5. The largest absolute Gasteiger partial charge is 0.377 e. The highest BCUT2D eigenvalue weighted by molar-refractivity contribution is 7.00. The predicted molar refractivity (Wildman–Crippen MR) is 134 cm³/mol. The molecule has 162 valence electrons. The first-order valence-electron chi connectivity index (χ1n) is 12.5. The summed E-state index contributed by atoms with van der Waals surface area (Å²) >= 11 is 0. The smallest absolute Gasteiger partial charge is 0.0823 e. The van der Waals surface area contributed by atoms with Gasteiger partial charge in [0.25, 0.3) is 0 Å². The van der Waals surface area contributed by atoms with Gasteiger partial charge in [-0.1, -0.05) is 74.7 Å². The Balaban J connectivity index is 1.51. The van der Waals surface area contributed by atoms with Gasteiger partial charge in [0.05, 0.1) is 6.10 Å². The topological polar surface area (TPSA) is 9.23 Å². The van der Waals surface area contributed by atoms with Crippen molar-refractivity contribution in [1.29, 1.82) is 0 Å². The van der Waals surface area contributed by atoms with E-state index in [2.05, 4.69) is 49.9 Å². The highest BCUT2D eigenvalue weighted by Gasteiger charge is 2.25. The summed E-state index contributed by atoms with van der Waals surface area (Å²) in [6.45, 7) is 4.79. The Morgan fingerprint density at radius 3 is 2.17 bits per heavy atom. The Morgan fingerprint density at radius 2 is 1.59 bits per heavy atom. The molecule has 1 aromatic carbocycles. The van der Waals surface area contributed by atoms with Crippen LogP contribution in [0.2, 0.25) is 12.1 Å². The summed E-state index contributed by atoms with van der Waals surface area (Å²) in [6, 6.07) is 9.10. The maximum Gasteiger partial charge on any atom is 0.0823 e. The molecule has 2 fully saturated rings. The van der Waals surface area contributed by atoms with E-state index in [-0.39, 0.29) is 6.10 Å². The zero-order valence-electron chi connectivity index (χ0n) is 19.2. The van der Waals surface area contributed by atoms with E-state index in [1.54, 1.807) is 18.4 Å². The van der Waals surface area contributed by atoms with Crippen molar-refractivity contribution in [2.24, 2.45) is 11.8 Å². The van der Waals surface area contributed by atoms with Crippen molar-refractivity contribution in [2.75, 3.05) is 7.11 Å². The summed E-state index contributed by atoms with van der Waals surface area (Å²) < 4.78 is 5.85. The molecule has 0 radical (unpaired) electrons. The molecule has 29 heavy (non-hydrogen) atoms. The van der Waals surface area contributed by atoms with Crippen LogP contribution in [0.25, 0.3) is 0 Å². The molecule has 0 spiro atoms. The lowest BCUT2D eigenvalue weighted by Gasteiger charge is -2.31. The monoisotopic (exact) mass is 428 g/mol. The minimum atomic E-state index is 0.266. The fraction of sp³-hybridized carbons (Fsp3) is 0.692. The molecular formula is C26H44OSi2. The number of hydrogen-bond acceptors (Lipinski definition) is 1. The first-order chi connectivity index (χ1) is 14.2. The second-order valence-corrected chi connectivity index (χ2v) is 17.2. The van der Waals surface area contributed by atoms with E-state index in [1.807, 2.05) is 7.11 Å². The molecule has 0 N–H and O–H groups in total. The van der Waals surface area contributed by atoms with Crippen molar-refractivity contribution in [3.8, 4) is 0 Å². The fourth-order valence-corrected chi connectivity index (χ4v) is 11.9. The molecular weight excluding hydrogens is 384 g/mol. The molecule has 1 nitrogen and oxygen atoms in total. The lowest BCUT2D eigenvalue weighted by Crippen LogP contribution is -2.17. The van der Waals surface area contributed by atoms with Gasteiger partial charge in [-0.3, -0.25) is 0 Å². The van der Waals surface area contributed by atoms with Crippen molar-refractivity contribution in [3.63, 3.8) is 0 Å². The van der Waals surface area contributed by atoms with Crippen molar-refractivity contribution in [2.45, 2.75) is 95.2 Å². The molecule has 0 bridgehead atoms. The summed E-state index contributed by atoms with van der Waals surface area (Å²) in [6.07, 6.45) is 19.3. The molecule has 3 rings (SSSR count). The summed E-state index contributed by atoms with van der Waals surface area (Å²) in [5.74, 6) is 2.44. The lowest BCUT2D eigenvalue weighted by molar-refractivity contribution is 0.0936. The van der Waals surface area contributed by atoms with Crippen molar-refractivity contribution >= 4 is 18.1 Å². The fourth-order valence-electron chi connectivity index (χ4n) is 5.85. The van der Waals surface area contributed by atoms with Gasteiger partial charge in [-0.15, -0.1) is 0 Å².